The number of nitrogens with one attached hydrogen (secondary N) is 1. The van der Waals surface area contributed by atoms with Gasteiger partial charge in [-0.1, -0.05) is 0 Å². The van der Waals surface area contributed by atoms with Crippen LogP contribution in [0.4, 0.5) is 0 Å². The fourth-order valence-electron chi connectivity index (χ4n) is 2.86. The number of likely N-dealkylation sites (N-methyl/N-ethyl adjacent to an activating group) is 1. The number of rotatable bonds is 4. The molecule has 2 heterocycles. The molecule has 2 amide bonds. The minimum atomic E-state index is 0.0986. The zero-order valence-corrected chi connectivity index (χ0v) is 11.2. The molecule has 0 aromatic rings. The van der Waals surface area contributed by atoms with E-state index < -0.39 is 0 Å². The highest BCUT2D eigenvalue weighted by molar-refractivity contribution is 5.86. The van der Waals surface area contributed by atoms with Crippen LogP contribution in [0, 0.1) is 0 Å². The van der Waals surface area contributed by atoms with E-state index in [2.05, 4.69) is 5.32 Å². The summed E-state index contributed by atoms with van der Waals surface area (Å²) >= 11 is 0. The monoisotopic (exact) mass is 253 g/mol. The molecule has 1 N–H and O–H groups in total. The number of hydrogen-bond donors (Lipinski definition) is 1. The lowest BCUT2D eigenvalue weighted by Gasteiger charge is -2.35. The van der Waals surface area contributed by atoms with E-state index in [4.69, 9.17) is 0 Å². The van der Waals surface area contributed by atoms with Gasteiger partial charge in [0.05, 0.1) is 6.54 Å². The minimum Gasteiger partial charge on any atom is -0.337 e. The van der Waals surface area contributed by atoms with Crippen LogP contribution in [-0.2, 0) is 9.59 Å². The second-order valence-corrected chi connectivity index (χ2v) is 5.10. The fourth-order valence-corrected chi connectivity index (χ4v) is 2.86. The standard InChI is InChI=1S/C13H23N3O2/c1-2-16(11-5-3-7-14-9-11)13(18)10-15-8-4-6-12(15)17/h11,14H,2-10H2,1H3. The first-order chi connectivity index (χ1) is 8.72. The zero-order valence-electron chi connectivity index (χ0n) is 11.2. The number of likely N-dealkylation sites (tertiary alicyclic amines) is 1. The lowest BCUT2D eigenvalue weighted by molar-refractivity contribution is -0.140. The fraction of sp³-hybridized carbons (Fsp3) is 0.846. The van der Waals surface area contributed by atoms with Crippen LogP contribution in [0.25, 0.3) is 0 Å². The molecule has 2 rings (SSSR count). The smallest absolute Gasteiger partial charge is 0.242 e. The van der Waals surface area contributed by atoms with Crippen molar-refractivity contribution >= 4 is 11.8 Å². The molecule has 5 heteroatoms. The second kappa shape index (κ2) is 6.18. The summed E-state index contributed by atoms with van der Waals surface area (Å²) < 4.78 is 0. The first kappa shape index (κ1) is 13.3. The maximum absolute atomic E-state index is 12.3. The molecule has 0 bridgehead atoms. The van der Waals surface area contributed by atoms with E-state index in [0.717, 1.165) is 45.4 Å². The summed E-state index contributed by atoms with van der Waals surface area (Å²) in [4.78, 5) is 27.4. The average molecular weight is 253 g/mol. The first-order valence-corrected chi connectivity index (χ1v) is 7.00. The Bertz CT molecular complexity index is 313. The van der Waals surface area contributed by atoms with E-state index in [9.17, 15) is 9.59 Å². The Kier molecular flexibility index (Phi) is 4.58. The lowest BCUT2D eigenvalue weighted by Crippen LogP contribution is -2.51. The highest BCUT2D eigenvalue weighted by Gasteiger charge is 2.28. The van der Waals surface area contributed by atoms with Gasteiger partial charge < -0.3 is 15.1 Å². The predicted octanol–water partition coefficient (Wildman–Crippen LogP) is 0.209. The van der Waals surface area contributed by atoms with Crippen molar-refractivity contribution in [2.24, 2.45) is 0 Å². The molecule has 1 atom stereocenters. The van der Waals surface area contributed by atoms with Gasteiger partial charge in [-0.25, -0.2) is 0 Å². The first-order valence-electron chi connectivity index (χ1n) is 7.00. The van der Waals surface area contributed by atoms with E-state index >= 15 is 0 Å². The van der Waals surface area contributed by atoms with Crippen molar-refractivity contribution in [2.75, 3.05) is 32.7 Å². The number of hydrogen-bond acceptors (Lipinski definition) is 3. The van der Waals surface area contributed by atoms with Crippen LogP contribution < -0.4 is 5.32 Å². The summed E-state index contributed by atoms with van der Waals surface area (Å²) in [6, 6.07) is 0.300. The Balaban J connectivity index is 1.90. The molecule has 2 aliphatic rings. The molecular formula is C13H23N3O2. The van der Waals surface area contributed by atoms with Gasteiger partial charge in [0.2, 0.25) is 11.8 Å². The van der Waals surface area contributed by atoms with Gasteiger partial charge in [0.1, 0.15) is 0 Å². The van der Waals surface area contributed by atoms with Crippen LogP contribution in [0.1, 0.15) is 32.6 Å². The number of carbonyl (C=O) groups is 2. The third-order valence-electron chi connectivity index (χ3n) is 3.87. The highest BCUT2D eigenvalue weighted by atomic mass is 16.2. The summed E-state index contributed by atoms with van der Waals surface area (Å²) in [5.74, 6) is 0.225. The van der Waals surface area contributed by atoms with Gasteiger partial charge in [-0.15, -0.1) is 0 Å². The van der Waals surface area contributed by atoms with Crippen molar-refractivity contribution in [3.8, 4) is 0 Å². The van der Waals surface area contributed by atoms with Crippen molar-refractivity contribution < 1.29 is 9.59 Å². The molecule has 5 nitrogen and oxygen atoms in total. The van der Waals surface area contributed by atoms with Crippen molar-refractivity contribution in [1.29, 1.82) is 0 Å². The third-order valence-corrected chi connectivity index (χ3v) is 3.87. The average Bonchev–Trinajstić information content (AvgIpc) is 2.77. The van der Waals surface area contributed by atoms with Gasteiger partial charge in [0.25, 0.3) is 0 Å². The Morgan fingerprint density at radius 3 is 2.89 bits per heavy atom. The Labute approximate surface area is 108 Å². The maximum Gasteiger partial charge on any atom is 0.242 e. The summed E-state index contributed by atoms with van der Waals surface area (Å²) in [6.45, 7) is 5.68. The zero-order chi connectivity index (χ0) is 13.0. The molecule has 2 saturated heterocycles. The summed E-state index contributed by atoms with van der Waals surface area (Å²) in [7, 11) is 0. The molecule has 2 aliphatic heterocycles. The van der Waals surface area contributed by atoms with E-state index in [1.165, 1.54) is 0 Å². The predicted molar refractivity (Wildman–Crippen MR) is 69.1 cm³/mol. The maximum atomic E-state index is 12.3. The molecule has 0 spiro atoms. The van der Waals surface area contributed by atoms with Crippen LogP contribution in [0.5, 0.6) is 0 Å². The minimum absolute atomic E-state index is 0.0986. The normalized spacial score (nSPS) is 24.4. The van der Waals surface area contributed by atoms with Gasteiger partial charge in [-0.05, 0) is 32.7 Å². The molecule has 102 valence electrons. The van der Waals surface area contributed by atoms with Crippen LogP contribution in [0.15, 0.2) is 0 Å². The molecule has 18 heavy (non-hydrogen) atoms. The number of piperidine rings is 1. The highest BCUT2D eigenvalue weighted by Crippen LogP contribution is 2.13. The lowest BCUT2D eigenvalue weighted by atomic mass is 10.1. The topological polar surface area (TPSA) is 52.7 Å². The van der Waals surface area contributed by atoms with Gasteiger partial charge >= 0.3 is 0 Å². The van der Waals surface area contributed by atoms with E-state index in [1.54, 1.807) is 4.90 Å². The van der Waals surface area contributed by atoms with Crippen molar-refractivity contribution in [2.45, 2.75) is 38.6 Å². The summed E-state index contributed by atoms with van der Waals surface area (Å²) in [5.41, 5.74) is 0. The molecule has 0 aromatic heterocycles. The van der Waals surface area contributed by atoms with E-state index in [-0.39, 0.29) is 18.4 Å². The molecule has 2 fully saturated rings. The van der Waals surface area contributed by atoms with Gasteiger partial charge in [-0.3, -0.25) is 9.59 Å². The molecule has 0 aromatic carbocycles. The van der Waals surface area contributed by atoms with E-state index in [1.807, 2.05) is 11.8 Å². The van der Waals surface area contributed by atoms with Crippen LogP contribution >= 0.6 is 0 Å². The molecule has 1 unspecified atom stereocenters. The third kappa shape index (κ3) is 3.02. The van der Waals surface area contributed by atoms with Gasteiger partial charge in [0, 0.05) is 32.1 Å². The quantitative estimate of drug-likeness (QED) is 0.779. The molecular weight excluding hydrogens is 230 g/mol. The number of nitrogens with zero attached hydrogens (tertiary/aromatic N) is 2. The molecule has 0 radical (unpaired) electrons. The van der Waals surface area contributed by atoms with Gasteiger partial charge in [0.15, 0.2) is 0 Å². The summed E-state index contributed by atoms with van der Waals surface area (Å²) in [6.07, 6.45) is 3.69. The largest absolute Gasteiger partial charge is 0.337 e. The SMILES string of the molecule is CCN(C(=O)CN1CCCC1=O)C1CCCNC1. The van der Waals surface area contributed by atoms with Crippen molar-refractivity contribution in [3.05, 3.63) is 0 Å². The van der Waals surface area contributed by atoms with Crippen LogP contribution in [-0.4, -0.2) is 60.4 Å². The number of amides is 2. The van der Waals surface area contributed by atoms with Crippen LogP contribution in [0.2, 0.25) is 0 Å². The number of carbonyl (C=O) groups excluding carboxylic acids is 2. The van der Waals surface area contributed by atoms with Crippen LogP contribution in [0.3, 0.4) is 0 Å². The van der Waals surface area contributed by atoms with Crippen molar-refractivity contribution in [3.63, 3.8) is 0 Å². The molecule has 0 saturated carbocycles. The Morgan fingerprint density at radius 2 is 2.33 bits per heavy atom. The summed E-state index contributed by atoms with van der Waals surface area (Å²) in [5, 5.41) is 3.33. The van der Waals surface area contributed by atoms with Crippen molar-refractivity contribution in [1.82, 2.24) is 15.1 Å². The van der Waals surface area contributed by atoms with E-state index in [0.29, 0.717) is 12.5 Å². The van der Waals surface area contributed by atoms with Gasteiger partial charge in [-0.2, -0.15) is 0 Å². The second-order valence-electron chi connectivity index (χ2n) is 5.10. The molecule has 0 aliphatic carbocycles. The Morgan fingerprint density at radius 1 is 1.50 bits per heavy atom. The Hall–Kier alpha value is -1.10.